The number of benzene rings is 1. The lowest BCUT2D eigenvalue weighted by molar-refractivity contribution is 0.682. The van der Waals surface area contributed by atoms with Gasteiger partial charge in [-0.05, 0) is 49.9 Å². The van der Waals surface area contributed by atoms with Crippen LogP contribution in [-0.2, 0) is 12.8 Å². The van der Waals surface area contributed by atoms with Gasteiger partial charge in [0.2, 0.25) is 0 Å². The van der Waals surface area contributed by atoms with Gasteiger partial charge in [0, 0.05) is 30.2 Å². The number of anilines is 1. The highest BCUT2D eigenvalue weighted by atomic mass is 32.1. The van der Waals surface area contributed by atoms with E-state index < -0.39 is 0 Å². The Morgan fingerprint density at radius 3 is 2.44 bits per heavy atom. The summed E-state index contributed by atoms with van der Waals surface area (Å²) in [7, 11) is 4.13. The monoisotopic (exact) mass is 258 g/mol. The molecule has 0 unspecified atom stereocenters. The van der Waals surface area contributed by atoms with Crippen molar-refractivity contribution in [3.05, 3.63) is 34.8 Å². The summed E-state index contributed by atoms with van der Waals surface area (Å²) in [6, 6.07) is 8.69. The van der Waals surface area contributed by atoms with E-state index in [0.717, 1.165) is 0 Å². The van der Waals surface area contributed by atoms with Crippen LogP contribution in [0.1, 0.15) is 23.4 Å². The Labute approximate surface area is 112 Å². The molecule has 94 valence electrons. The number of rotatable bonds is 2. The zero-order valence-electron chi connectivity index (χ0n) is 10.9. The van der Waals surface area contributed by atoms with E-state index >= 15 is 0 Å². The number of aromatic nitrogens is 1. The van der Waals surface area contributed by atoms with E-state index in [1.807, 2.05) is 11.3 Å². The average molecular weight is 258 g/mol. The standard InChI is InChI=1S/C15H18N2S/c1-17(2)12-9-7-11(8-10-12)15-16-13-5-3-4-6-14(13)18-15/h7-10H,3-6H2,1-2H3. The second kappa shape index (κ2) is 4.73. The first-order chi connectivity index (χ1) is 8.74. The van der Waals surface area contributed by atoms with Crippen LogP contribution in [0.5, 0.6) is 0 Å². The van der Waals surface area contributed by atoms with E-state index in [0.29, 0.717) is 0 Å². The summed E-state index contributed by atoms with van der Waals surface area (Å²) >= 11 is 1.88. The maximum Gasteiger partial charge on any atom is 0.123 e. The van der Waals surface area contributed by atoms with E-state index in [1.54, 1.807) is 0 Å². The molecule has 1 aromatic carbocycles. The molecule has 3 rings (SSSR count). The van der Waals surface area contributed by atoms with E-state index in [1.165, 1.54) is 52.5 Å². The Balaban J connectivity index is 1.92. The maximum absolute atomic E-state index is 4.80. The van der Waals surface area contributed by atoms with Crippen LogP contribution in [0.15, 0.2) is 24.3 Å². The third kappa shape index (κ3) is 2.15. The van der Waals surface area contributed by atoms with Crippen LogP contribution in [-0.4, -0.2) is 19.1 Å². The summed E-state index contributed by atoms with van der Waals surface area (Å²) in [5.41, 5.74) is 3.83. The molecule has 1 aliphatic carbocycles. The van der Waals surface area contributed by atoms with Crippen molar-refractivity contribution in [1.82, 2.24) is 4.98 Å². The molecule has 1 aliphatic rings. The van der Waals surface area contributed by atoms with Gasteiger partial charge in [0.1, 0.15) is 5.01 Å². The van der Waals surface area contributed by atoms with E-state index in [4.69, 9.17) is 4.98 Å². The molecule has 0 bridgehead atoms. The molecule has 0 amide bonds. The van der Waals surface area contributed by atoms with Crippen LogP contribution in [0, 0.1) is 0 Å². The van der Waals surface area contributed by atoms with Crippen molar-refractivity contribution in [2.45, 2.75) is 25.7 Å². The van der Waals surface area contributed by atoms with Crippen LogP contribution < -0.4 is 4.90 Å². The van der Waals surface area contributed by atoms with Gasteiger partial charge in [0.15, 0.2) is 0 Å². The van der Waals surface area contributed by atoms with Crippen molar-refractivity contribution in [2.24, 2.45) is 0 Å². The van der Waals surface area contributed by atoms with Crippen molar-refractivity contribution in [3.63, 3.8) is 0 Å². The van der Waals surface area contributed by atoms with E-state index in [9.17, 15) is 0 Å². The van der Waals surface area contributed by atoms with Gasteiger partial charge < -0.3 is 4.90 Å². The van der Waals surface area contributed by atoms with Crippen molar-refractivity contribution in [1.29, 1.82) is 0 Å². The lowest BCUT2D eigenvalue weighted by atomic mass is 10.0. The molecule has 2 nitrogen and oxygen atoms in total. The number of fused-ring (bicyclic) bond motifs is 1. The quantitative estimate of drug-likeness (QED) is 0.815. The molecule has 0 spiro atoms. The molecule has 0 radical (unpaired) electrons. The first-order valence-electron chi connectivity index (χ1n) is 6.50. The number of hydrogen-bond donors (Lipinski definition) is 0. The smallest absolute Gasteiger partial charge is 0.123 e. The second-order valence-corrected chi connectivity index (χ2v) is 6.12. The van der Waals surface area contributed by atoms with Crippen LogP contribution in [0.3, 0.4) is 0 Å². The van der Waals surface area contributed by atoms with Gasteiger partial charge in [-0.2, -0.15) is 0 Å². The minimum Gasteiger partial charge on any atom is -0.378 e. The van der Waals surface area contributed by atoms with Crippen molar-refractivity contribution < 1.29 is 0 Å². The molecular formula is C15H18N2S. The molecule has 0 aliphatic heterocycles. The Kier molecular flexibility index (Phi) is 3.08. The van der Waals surface area contributed by atoms with Crippen LogP contribution in [0.2, 0.25) is 0 Å². The SMILES string of the molecule is CN(C)c1ccc(-c2nc3c(s2)CCCC3)cc1. The minimum atomic E-state index is 1.17. The lowest BCUT2D eigenvalue weighted by Gasteiger charge is -2.11. The second-order valence-electron chi connectivity index (χ2n) is 5.04. The fourth-order valence-electron chi connectivity index (χ4n) is 2.38. The summed E-state index contributed by atoms with van der Waals surface area (Å²) in [5, 5.41) is 1.19. The zero-order chi connectivity index (χ0) is 12.5. The highest BCUT2D eigenvalue weighted by molar-refractivity contribution is 7.15. The molecular weight excluding hydrogens is 240 g/mol. The third-order valence-corrected chi connectivity index (χ3v) is 4.68. The minimum absolute atomic E-state index is 1.17. The predicted octanol–water partition coefficient (Wildman–Crippen LogP) is 3.75. The van der Waals surface area contributed by atoms with Gasteiger partial charge in [-0.25, -0.2) is 4.98 Å². The molecule has 18 heavy (non-hydrogen) atoms. The molecule has 0 saturated heterocycles. The Morgan fingerprint density at radius 2 is 1.78 bits per heavy atom. The number of thiazole rings is 1. The Bertz CT molecular complexity index is 517. The summed E-state index contributed by atoms with van der Waals surface area (Å²) in [4.78, 5) is 8.43. The molecule has 2 aromatic rings. The number of aryl methyl sites for hydroxylation is 2. The van der Waals surface area contributed by atoms with Gasteiger partial charge >= 0.3 is 0 Å². The van der Waals surface area contributed by atoms with E-state index in [2.05, 4.69) is 43.3 Å². The van der Waals surface area contributed by atoms with Gasteiger partial charge in [0.05, 0.1) is 5.69 Å². The predicted molar refractivity (Wildman–Crippen MR) is 78.5 cm³/mol. The summed E-state index contributed by atoms with van der Waals surface area (Å²) in [6.45, 7) is 0. The van der Waals surface area contributed by atoms with Gasteiger partial charge in [0.25, 0.3) is 0 Å². The largest absolute Gasteiger partial charge is 0.378 e. The fraction of sp³-hybridized carbons (Fsp3) is 0.400. The Morgan fingerprint density at radius 1 is 1.06 bits per heavy atom. The highest BCUT2D eigenvalue weighted by Crippen LogP contribution is 2.33. The van der Waals surface area contributed by atoms with Crippen molar-refractivity contribution in [2.75, 3.05) is 19.0 Å². The molecule has 3 heteroatoms. The first kappa shape index (κ1) is 11.7. The number of hydrogen-bond acceptors (Lipinski definition) is 3. The zero-order valence-corrected chi connectivity index (χ0v) is 11.8. The summed E-state index contributed by atoms with van der Waals surface area (Å²) in [6.07, 6.45) is 5.02. The molecule has 1 heterocycles. The van der Waals surface area contributed by atoms with Gasteiger partial charge in [-0.3, -0.25) is 0 Å². The Hall–Kier alpha value is -1.35. The summed E-state index contributed by atoms with van der Waals surface area (Å²) in [5.74, 6) is 0. The molecule has 0 atom stereocenters. The van der Waals surface area contributed by atoms with Crippen LogP contribution in [0.25, 0.3) is 10.6 Å². The van der Waals surface area contributed by atoms with Crippen LogP contribution in [0.4, 0.5) is 5.69 Å². The maximum atomic E-state index is 4.80. The van der Waals surface area contributed by atoms with Crippen molar-refractivity contribution >= 4 is 17.0 Å². The molecule has 0 N–H and O–H groups in total. The normalized spacial score (nSPS) is 14.3. The third-order valence-electron chi connectivity index (χ3n) is 3.48. The summed E-state index contributed by atoms with van der Waals surface area (Å²) < 4.78 is 0. The average Bonchev–Trinajstić information content (AvgIpc) is 2.82. The van der Waals surface area contributed by atoms with Crippen molar-refractivity contribution in [3.8, 4) is 10.6 Å². The molecule has 1 aromatic heterocycles. The highest BCUT2D eigenvalue weighted by Gasteiger charge is 2.15. The van der Waals surface area contributed by atoms with Gasteiger partial charge in [-0.15, -0.1) is 11.3 Å². The molecule has 0 fully saturated rings. The first-order valence-corrected chi connectivity index (χ1v) is 7.32. The topological polar surface area (TPSA) is 16.1 Å². The van der Waals surface area contributed by atoms with Gasteiger partial charge in [-0.1, -0.05) is 0 Å². The lowest BCUT2D eigenvalue weighted by Crippen LogP contribution is -2.07. The van der Waals surface area contributed by atoms with E-state index in [-0.39, 0.29) is 0 Å². The fourth-order valence-corrected chi connectivity index (χ4v) is 3.53. The molecule has 0 saturated carbocycles. The number of nitrogens with zero attached hydrogens (tertiary/aromatic N) is 2. The van der Waals surface area contributed by atoms with Crippen LogP contribution >= 0.6 is 11.3 Å².